The number of rotatable bonds is 5. The first kappa shape index (κ1) is 12.0. The summed E-state index contributed by atoms with van der Waals surface area (Å²) in [6.07, 6.45) is 0.0659. The van der Waals surface area contributed by atoms with Crippen molar-refractivity contribution in [2.24, 2.45) is 5.73 Å². The number of hydrogen-bond acceptors (Lipinski definition) is 3. The fraction of sp³-hybridized carbons (Fsp3) is 0.500. The minimum Gasteiger partial charge on any atom is -0.488 e. The van der Waals surface area contributed by atoms with Gasteiger partial charge in [0.15, 0.2) is 0 Å². The fourth-order valence-corrected chi connectivity index (χ4v) is 1.35. The Bertz CT molecular complexity index is 282. The van der Waals surface area contributed by atoms with E-state index in [-0.39, 0.29) is 12.1 Å². The van der Waals surface area contributed by atoms with Crippen LogP contribution in [0.3, 0.4) is 0 Å². The van der Waals surface area contributed by atoms with Crippen molar-refractivity contribution in [2.45, 2.75) is 26.0 Å². The van der Waals surface area contributed by atoms with E-state index in [4.69, 9.17) is 15.2 Å². The van der Waals surface area contributed by atoms with E-state index in [1.54, 1.807) is 7.11 Å². The summed E-state index contributed by atoms with van der Waals surface area (Å²) >= 11 is 0. The van der Waals surface area contributed by atoms with Crippen LogP contribution in [0.25, 0.3) is 0 Å². The molecule has 0 aliphatic carbocycles. The largest absolute Gasteiger partial charge is 0.488 e. The van der Waals surface area contributed by atoms with E-state index >= 15 is 0 Å². The lowest BCUT2D eigenvalue weighted by molar-refractivity contribution is 0.0921. The molecule has 2 N–H and O–H groups in total. The molecule has 1 unspecified atom stereocenters. The average Bonchev–Trinajstić information content (AvgIpc) is 2.18. The monoisotopic (exact) mass is 209 g/mol. The Morgan fingerprint density at radius 3 is 2.27 bits per heavy atom. The van der Waals surface area contributed by atoms with Crippen LogP contribution in [0.2, 0.25) is 0 Å². The normalized spacial score (nSPS) is 14.7. The quantitative estimate of drug-likeness (QED) is 0.807. The van der Waals surface area contributed by atoms with Crippen LogP contribution < -0.4 is 10.5 Å². The Balaban J connectivity index is 2.56. The van der Waals surface area contributed by atoms with E-state index in [2.05, 4.69) is 0 Å². The number of hydrogen-bond donors (Lipinski definition) is 1. The molecule has 84 valence electrons. The predicted octanol–water partition coefficient (Wildman–Crippen LogP) is 2.12. The van der Waals surface area contributed by atoms with Gasteiger partial charge in [-0.05, 0) is 31.5 Å². The molecule has 1 aromatic rings. The second kappa shape index (κ2) is 5.73. The number of benzene rings is 1. The second-order valence-corrected chi connectivity index (χ2v) is 3.74. The molecular formula is C12H19NO2. The lowest BCUT2D eigenvalue weighted by Gasteiger charge is -2.14. The molecule has 2 atom stereocenters. The molecule has 0 fully saturated rings. The molecule has 15 heavy (non-hydrogen) atoms. The summed E-state index contributed by atoms with van der Waals surface area (Å²) in [4.78, 5) is 0. The molecule has 0 spiro atoms. The van der Waals surface area contributed by atoms with Gasteiger partial charge in [0.25, 0.3) is 0 Å². The van der Waals surface area contributed by atoms with Crippen LogP contribution in [0.5, 0.6) is 5.75 Å². The van der Waals surface area contributed by atoms with Gasteiger partial charge < -0.3 is 15.2 Å². The Morgan fingerprint density at radius 1 is 1.20 bits per heavy atom. The maximum Gasteiger partial charge on any atom is 0.119 e. The molecule has 1 rings (SSSR count). The minimum absolute atomic E-state index is 0.0652. The van der Waals surface area contributed by atoms with Gasteiger partial charge in [-0.2, -0.15) is 0 Å². The van der Waals surface area contributed by atoms with Gasteiger partial charge in [0.2, 0.25) is 0 Å². The van der Waals surface area contributed by atoms with Crippen LogP contribution in [0, 0.1) is 0 Å². The highest BCUT2D eigenvalue weighted by Crippen LogP contribution is 2.17. The van der Waals surface area contributed by atoms with Crippen molar-refractivity contribution < 1.29 is 9.47 Å². The highest BCUT2D eigenvalue weighted by molar-refractivity contribution is 5.28. The number of methoxy groups -OCH3 is 1. The van der Waals surface area contributed by atoms with Crippen molar-refractivity contribution in [3.05, 3.63) is 29.8 Å². The SMILES string of the molecule is COCC(C)Oc1ccc([C@H](C)N)cc1. The van der Waals surface area contributed by atoms with Gasteiger partial charge in [-0.15, -0.1) is 0 Å². The van der Waals surface area contributed by atoms with Crippen LogP contribution in [0.15, 0.2) is 24.3 Å². The average molecular weight is 209 g/mol. The van der Waals surface area contributed by atoms with E-state index < -0.39 is 0 Å². The Labute approximate surface area is 91.2 Å². The van der Waals surface area contributed by atoms with Crippen LogP contribution in [0.4, 0.5) is 0 Å². The second-order valence-electron chi connectivity index (χ2n) is 3.74. The smallest absolute Gasteiger partial charge is 0.119 e. The zero-order valence-corrected chi connectivity index (χ0v) is 9.57. The zero-order chi connectivity index (χ0) is 11.3. The van der Waals surface area contributed by atoms with Gasteiger partial charge in [0.1, 0.15) is 11.9 Å². The molecule has 0 saturated heterocycles. The van der Waals surface area contributed by atoms with Crippen molar-refractivity contribution in [1.82, 2.24) is 0 Å². The van der Waals surface area contributed by atoms with Gasteiger partial charge in [0.05, 0.1) is 6.61 Å². The third kappa shape index (κ3) is 3.90. The molecule has 0 aliphatic rings. The van der Waals surface area contributed by atoms with Gasteiger partial charge in [0, 0.05) is 13.2 Å². The molecule has 0 bridgehead atoms. The first-order valence-electron chi connectivity index (χ1n) is 5.14. The van der Waals surface area contributed by atoms with Crippen molar-refractivity contribution >= 4 is 0 Å². The highest BCUT2D eigenvalue weighted by atomic mass is 16.5. The van der Waals surface area contributed by atoms with E-state index in [0.29, 0.717) is 6.61 Å². The molecule has 0 aliphatic heterocycles. The van der Waals surface area contributed by atoms with Crippen LogP contribution in [-0.2, 0) is 4.74 Å². The molecule has 3 nitrogen and oxygen atoms in total. The Kier molecular flexibility index (Phi) is 4.59. The third-order valence-corrected chi connectivity index (χ3v) is 2.14. The highest BCUT2D eigenvalue weighted by Gasteiger charge is 2.04. The fourth-order valence-electron chi connectivity index (χ4n) is 1.35. The van der Waals surface area contributed by atoms with Crippen molar-refractivity contribution in [3.8, 4) is 5.75 Å². The summed E-state index contributed by atoms with van der Waals surface area (Å²) in [7, 11) is 1.67. The zero-order valence-electron chi connectivity index (χ0n) is 9.57. The molecule has 0 heterocycles. The summed E-state index contributed by atoms with van der Waals surface area (Å²) in [5, 5.41) is 0. The van der Waals surface area contributed by atoms with Crippen LogP contribution in [0.1, 0.15) is 25.5 Å². The first-order valence-corrected chi connectivity index (χ1v) is 5.14. The molecule has 0 radical (unpaired) electrons. The summed E-state index contributed by atoms with van der Waals surface area (Å²) in [5.74, 6) is 0.851. The van der Waals surface area contributed by atoms with Gasteiger partial charge in [-0.25, -0.2) is 0 Å². The molecule has 0 aromatic heterocycles. The molecule has 0 saturated carbocycles. The first-order chi connectivity index (χ1) is 7.13. The van der Waals surface area contributed by atoms with Crippen LogP contribution >= 0.6 is 0 Å². The molecule has 0 amide bonds. The van der Waals surface area contributed by atoms with E-state index in [9.17, 15) is 0 Å². The molecule has 3 heteroatoms. The summed E-state index contributed by atoms with van der Waals surface area (Å²) in [5.41, 5.74) is 6.86. The van der Waals surface area contributed by atoms with Crippen molar-refractivity contribution in [1.29, 1.82) is 0 Å². The van der Waals surface area contributed by atoms with Gasteiger partial charge in [-0.3, -0.25) is 0 Å². The predicted molar refractivity (Wildman–Crippen MR) is 61.0 cm³/mol. The Hall–Kier alpha value is -1.06. The van der Waals surface area contributed by atoms with Crippen molar-refractivity contribution in [3.63, 3.8) is 0 Å². The minimum atomic E-state index is 0.0652. The van der Waals surface area contributed by atoms with E-state index in [1.807, 2.05) is 38.1 Å². The third-order valence-electron chi connectivity index (χ3n) is 2.14. The maximum atomic E-state index is 5.75. The van der Waals surface area contributed by atoms with Gasteiger partial charge >= 0.3 is 0 Å². The van der Waals surface area contributed by atoms with Gasteiger partial charge in [-0.1, -0.05) is 12.1 Å². The lowest BCUT2D eigenvalue weighted by Crippen LogP contribution is -2.17. The maximum absolute atomic E-state index is 5.75. The summed E-state index contributed by atoms with van der Waals surface area (Å²) in [6.45, 7) is 4.53. The molecule has 1 aromatic carbocycles. The van der Waals surface area contributed by atoms with E-state index in [1.165, 1.54) is 0 Å². The standard InChI is InChI=1S/C12H19NO2/c1-9(8-14-3)15-12-6-4-11(5-7-12)10(2)13/h4-7,9-10H,8,13H2,1-3H3/t9?,10-/m0/s1. The van der Waals surface area contributed by atoms with E-state index in [0.717, 1.165) is 11.3 Å². The Morgan fingerprint density at radius 2 is 1.80 bits per heavy atom. The summed E-state index contributed by atoms with van der Waals surface area (Å²) in [6, 6.07) is 7.91. The number of nitrogens with two attached hydrogens (primary N) is 1. The van der Waals surface area contributed by atoms with Crippen LogP contribution in [-0.4, -0.2) is 19.8 Å². The van der Waals surface area contributed by atoms with Crippen molar-refractivity contribution in [2.75, 3.05) is 13.7 Å². The topological polar surface area (TPSA) is 44.5 Å². The number of ether oxygens (including phenoxy) is 2. The molecular weight excluding hydrogens is 190 g/mol. The lowest BCUT2D eigenvalue weighted by atomic mass is 10.1. The summed E-state index contributed by atoms with van der Waals surface area (Å²) < 4.78 is 10.6.